The van der Waals surface area contributed by atoms with Crippen LogP contribution in [0.15, 0.2) is 48.3 Å². The predicted octanol–water partition coefficient (Wildman–Crippen LogP) is 4.15. The number of aliphatic hydroxyl groups excluding tert-OH is 1. The summed E-state index contributed by atoms with van der Waals surface area (Å²) in [4.78, 5) is 32.0. The molecule has 2 heterocycles. The van der Waals surface area contributed by atoms with Crippen LogP contribution in [0.2, 0.25) is 0 Å². The van der Waals surface area contributed by atoms with Crippen LogP contribution in [0.3, 0.4) is 0 Å². The van der Waals surface area contributed by atoms with Crippen molar-refractivity contribution in [2.24, 2.45) is 0 Å². The van der Waals surface area contributed by atoms with E-state index in [9.17, 15) is 14.7 Å². The highest BCUT2D eigenvalue weighted by Gasteiger charge is 2.48. The fourth-order valence-electron chi connectivity index (χ4n) is 4.64. The Labute approximate surface area is 176 Å². The van der Waals surface area contributed by atoms with Crippen molar-refractivity contribution in [3.05, 3.63) is 65.0 Å². The molecular weight excluding hydrogens is 380 g/mol. The van der Waals surface area contributed by atoms with Gasteiger partial charge in [-0.25, -0.2) is 0 Å². The van der Waals surface area contributed by atoms with E-state index >= 15 is 0 Å². The molecule has 0 radical (unpaired) electrons. The van der Waals surface area contributed by atoms with Gasteiger partial charge in [0, 0.05) is 24.0 Å². The summed E-state index contributed by atoms with van der Waals surface area (Å²) in [5, 5.41) is 11.2. The molecular formula is C24H26N2O4. The molecule has 1 aliphatic carbocycles. The molecule has 2 aromatic rings. The third-order valence-corrected chi connectivity index (χ3v) is 6.14. The van der Waals surface area contributed by atoms with Crippen molar-refractivity contribution >= 4 is 17.4 Å². The summed E-state index contributed by atoms with van der Waals surface area (Å²) >= 11 is 0. The number of hydrogen-bond donors (Lipinski definition) is 1. The number of ketones is 1. The Hall–Kier alpha value is -3.15. The van der Waals surface area contributed by atoms with E-state index < -0.39 is 17.7 Å². The summed E-state index contributed by atoms with van der Waals surface area (Å²) in [7, 11) is 1.58. The Balaban J connectivity index is 1.85. The Kier molecular flexibility index (Phi) is 5.57. The molecule has 1 aliphatic heterocycles. The molecule has 2 aliphatic rings. The van der Waals surface area contributed by atoms with Crippen LogP contribution in [-0.4, -0.2) is 39.8 Å². The lowest BCUT2D eigenvalue weighted by atomic mass is 9.91. The normalized spacial score (nSPS) is 21.8. The monoisotopic (exact) mass is 406 g/mol. The summed E-state index contributed by atoms with van der Waals surface area (Å²) in [5.74, 6) is -0.622. The van der Waals surface area contributed by atoms with E-state index in [1.54, 1.807) is 54.7 Å². The average molecular weight is 406 g/mol. The maximum absolute atomic E-state index is 13.1. The van der Waals surface area contributed by atoms with E-state index in [0.29, 0.717) is 11.3 Å². The Morgan fingerprint density at radius 1 is 1.10 bits per heavy atom. The summed E-state index contributed by atoms with van der Waals surface area (Å²) in [6, 6.07) is 8.22. The van der Waals surface area contributed by atoms with Crippen molar-refractivity contribution in [3.63, 3.8) is 0 Å². The standard InChI is InChI=1S/C24H26N2O4/c1-15-14-17(8-9-19(15)30-2)22(27)20-21(16-10-12-25-13-11-16)26(24(29)23(20)28)18-6-4-3-5-7-18/h8-14,18,21,27H,3-7H2,1-2H3/b22-20-. The molecule has 6 heteroatoms. The molecule has 1 aromatic heterocycles. The first kappa shape index (κ1) is 20.1. The predicted molar refractivity (Wildman–Crippen MR) is 113 cm³/mol. The van der Waals surface area contributed by atoms with E-state index in [1.807, 2.05) is 6.92 Å². The number of aliphatic hydroxyl groups is 1. The van der Waals surface area contributed by atoms with E-state index in [-0.39, 0.29) is 17.4 Å². The second-order valence-electron chi connectivity index (χ2n) is 7.96. The van der Waals surface area contributed by atoms with Crippen LogP contribution in [0.1, 0.15) is 54.8 Å². The van der Waals surface area contributed by atoms with Gasteiger partial charge in [-0.2, -0.15) is 0 Å². The van der Waals surface area contributed by atoms with Crippen LogP contribution >= 0.6 is 0 Å². The number of Topliss-reactive ketones (excluding diaryl/α,β-unsaturated/α-hetero) is 1. The largest absolute Gasteiger partial charge is 0.507 e. The zero-order valence-corrected chi connectivity index (χ0v) is 17.3. The van der Waals surface area contributed by atoms with Crippen LogP contribution < -0.4 is 4.74 Å². The van der Waals surface area contributed by atoms with Gasteiger partial charge in [-0.1, -0.05) is 19.3 Å². The van der Waals surface area contributed by atoms with Gasteiger partial charge in [0.2, 0.25) is 0 Å². The van der Waals surface area contributed by atoms with Crippen molar-refractivity contribution < 1.29 is 19.4 Å². The summed E-state index contributed by atoms with van der Waals surface area (Å²) in [6.07, 6.45) is 8.25. The number of carbonyl (C=O) groups is 2. The second-order valence-corrected chi connectivity index (χ2v) is 7.96. The molecule has 1 saturated carbocycles. The minimum atomic E-state index is -0.631. The van der Waals surface area contributed by atoms with Crippen LogP contribution in [0.25, 0.3) is 5.76 Å². The van der Waals surface area contributed by atoms with Crippen molar-refractivity contribution in [2.45, 2.75) is 51.1 Å². The lowest BCUT2D eigenvalue weighted by molar-refractivity contribution is -0.141. The number of carbonyl (C=O) groups excluding carboxylic acids is 2. The molecule has 30 heavy (non-hydrogen) atoms. The molecule has 0 bridgehead atoms. The first-order valence-corrected chi connectivity index (χ1v) is 10.4. The quantitative estimate of drug-likeness (QED) is 0.469. The first-order valence-electron chi connectivity index (χ1n) is 10.4. The van der Waals surface area contributed by atoms with Crippen LogP contribution in [0, 0.1) is 6.92 Å². The SMILES string of the molecule is COc1ccc(/C(O)=C2/C(=O)C(=O)N(C3CCCCC3)C2c2ccncc2)cc1C. The number of amides is 1. The molecule has 156 valence electrons. The number of ether oxygens (including phenoxy) is 1. The number of methoxy groups -OCH3 is 1. The molecule has 1 unspecified atom stereocenters. The summed E-state index contributed by atoms with van der Waals surface area (Å²) in [5.41, 5.74) is 2.25. The van der Waals surface area contributed by atoms with E-state index in [1.165, 1.54) is 0 Å². The minimum Gasteiger partial charge on any atom is -0.507 e. The Bertz CT molecular complexity index is 994. The number of aryl methyl sites for hydroxylation is 1. The molecule has 6 nitrogen and oxygen atoms in total. The van der Waals surface area contributed by atoms with Gasteiger partial charge in [0.25, 0.3) is 11.7 Å². The van der Waals surface area contributed by atoms with Gasteiger partial charge in [0.05, 0.1) is 18.7 Å². The third kappa shape index (κ3) is 3.47. The van der Waals surface area contributed by atoms with E-state index in [4.69, 9.17) is 4.74 Å². The molecule has 1 N–H and O–H groups in total. The Morgan fingerprint density at radius 3 is 2.43 bits per heavy atom. The van der Waals surface area contributed by atoms with Gasteiger partial charge in [-0.15, -0.1) is 0 Å². The first-order chi connectivity index (χ1) is 14.5. The van der Waals surface area contributed by atoms with Gasteiger partial charge in [-0.05, 0) is 61.2 Å². The maximum Gasteiger partial charge on any atom is 0.295 e. The number of benzene rings is 1. The van der Waals surface area contributed by atoms with Gasteiger partial charge in [-0.3, -0.25) is 14.6 Å². The molecule has 1 aromatic carbocycles. The number of pyridine rings is 1. The number of hydrogen-bond acceptors (Lipinski definition) is 5. The molecule has 1 atom stereocenters. The lowest BCUT2D eigenvalue weighted by Crippen LogP contribution is -2.40. The summed E-state index contributed by atoms with van der Waals surface area (Å²) in [6.45, 7) is 1.87. The lowest BCUT2D eigenvalue weighted by Gasteiger charge is -2.35. The van der Waals surface area contributed by atoms with Crippen molar-refractivity contribution in [1.82, 2.24) is 9.88 Å². The third-order valence-electron chi connectivity index (χ3n) is 6.14. The number of rotatable bonds is 4. The minimum absolute atomic E-state index is 0.00345. The number of aromatic nitrogens is 1. The van der Waals surface area contributed by atoms with Crippen LogP contribution in [0.4, 0.5) is 0 Å². The van der Waals surface area contributed by atoms with Crippen molar-refractivity contribution in [3.8, 4) is 5.75 Å². The smallest absolute Gasteiger partial charge is 0.295 e. The molecule has 0 spiro atoms. The molecule has 2 fully saturated rings. The van der Waals surface area contributed by atoms with Crippen LogP contribution in [0.5, 0.6) is 5.75 Å². The van der Waals surface area contributed by atoms with Crippen molar-refractivity contribution in [2.75, 3.05) is 7.11 Å². The second kappa shape index (κ2) is 8.30. The number of likely N-dealkylation sites (tertiary alicyclic amines) is 1. The highest BCUT2D eigenvalue weighted by molar-refractivity contribution is 6.46. The van der Waals surface area contributed by atoms with Gasteiger partial charge < -0.3 is 14.7 Å². The van der Waals surface area contributed by atoms with Gasteiger partial charge >= 0.3 is 0 Å². The summed E-state index contributed by atoms with van der Waals surface area (Å²) < 4.78 is 5.30. The maximum atomic E-state index is 13.1. The highest BCUT2D eigenvalue weighted by atomic mass is 16.5. The average Bonchev–Trinajstić information content (AvgIpc) is 3.05. The van der Waals surface area contributed by atoms with Crippen LogP contribution in [-0.2, 0) is 9.59 Å². The number of nitrogens with zero attached hydrogens (tertiary/aromatic N) is 2. The van der Waals surface area contributed by atoms with E-state index in [2.05, 4.69) is 4.98 Å². The fourth-order valence-corrected chi connectivity index (χ4v) is 4.64. The molecule has 1 saturated heterocycles. The van der Waals surface area contributed by atoms with Gasteiger partial charge in [0.15, 0.2) is 0 Å². The zero-order chi connectivity index (χ0) is 21.3. The highest BCUT2D eigenvalue weighted by Crippen LogP contribution is 2.43. The molecule has 4 rings (SSSR count). The molecule has 1 amide bonds. The topological polar surface area (TPSA) is 79.7 Å². The Morgan fingerprint density at radius 2 is 1.80 bits per heavy atom. The van der Waals surface area contributed by atoms with Crippen molar-refractivity contribution in [1.29, 1.82) is 0 Å². The zero-order valence-electron chi connectivity index (χ0n) is 17.3. The van der Waals surface area contributed by atoms with E-state index in [0.717, 1.165) is 43.2 Å². The van der Waals surface area contributed by atoms with Gasteiger partial charge in [0.1, 0.15) is 11.5 Å². The fraction of sp³-hybridized carbons (Fsp3) is 0.375.